The fourth-order valence-electron chi connectivity index (χ4n) is 7.31. The maximum absolute atomic E-state index is 13.7. The lowest BCUT2D eigenvalue weighted by molar-refractivity contribution is 0.0700. The van der Waals surface area contributed by atoms with Crippen LogP contribution in [0.1, 0.15) is 47.3 Å². The van der Waals surface area contributed by atoms with Crippen molar-refractivity contribution in [3.63, 3.8) is 0 Å². The molecular weight excluding hydrogens is 552 g/mol. The summed E-state index contributed by atoms with van der Waals surface area (Å²) in [5.74, 6) is 3.28. The highest BCUT2D eigenvalue weighted by molar-refractivity contribution is 6.00. The monoisotopic (exact) mass is 590 g/mol. The summed E-state index contributed by atoms with van der Waals surface area (Å²) in [6, 6.07) is 12.3. The molecule has 3 fully saturated rings. The average molecular weight is 591 g/mol. The van der Waals surface area contributed by atoms with Crippen LogP contribution < -0.4 is 15.8 Å². The van der Waals surface area contributed by atoms with E-state index in [0.717, 1.165) is 82.3 Å². The van der Waals surface area contributed by atoms with E-state index in [1.165, 1.54) is 12.8 Å². The third kappa shape index (κ3) is 4.26. The molecule has 1 aromatic carbocycles. The summed E-state index contributed by atoms with van der Waals surface area (Å²) < 4.78 is 10.2. The molecule has 44 heavy (non-hydrogen) atoms. The third-order valence-electron chi connectivity index (χ3n) is 10.1. The Morgan fingerprint density at radius 3 is 2.66 bits per heavy atom. The van der Waals surface area contributed by atoms with Crippen LogP contribution in [0, 0.1) is 25.7 Å². The summed E-state index contributed by atoms with van der Waals surface area (Å²) in [6.07, 6.45) is 6.34. The Labute approximate surface area is 256 Å². The van der Waals surface area contributed by atoms with Crippen LogP contribution in [0.15, 0.2) is 42.6 Å². The Morgan fingerprint density at radius 2 is 1.93 bits per heavy atom. The number of ether oxygens (including phenoxy) is 1. The second-order valence-electron chi connectivity index (χ2n) is 12.9. The minimum atomic E-state index is 0.00626. The summed E-state index contributed by atoms with van der Waals surface area (Å²) in [6.45, 7) is 5.69. The number of nitrogens with one attached hydrogen (secondary N) is 1. The van der Waals surface area contributed by atoms with Gasteiger partial charge in [-0.1, -0.05) is 0 Å². The molecule has 5 aromatic rings. The first kappa shape index (κ1) is 27.1. The molecule has 3 N–H and O–H groups in total. The number of benzene rings is 1. The first-order valence-electron chi connectivity index (χ1n) is 15.6. The number of amides is 1. The molecular formula is C34H38N8O2. The number of nitrogens with two attached hydrogens (primary N) is 1. The topological polar surface area (TPSA) is 116 Å². The summed E-state index contributed by atoms with van der Waals surface area (Å²) in [7, 11) is 3.67. The van der Waals surface area contributed by atoms with Crippen molar-refractivity contribution in [1.29, 1.82) is 0 Å². The molecule has 2 bridgehead atoms. The number of nitrogens with zero attached hydrogens (tertiary/aromatic N) is 6. The van der Waals surface area contributed by atoms with Crippen molar-refractivity contribution in [2.24, 2.45) is 24.6 Å². The van der Waals surface area contributed by atoms with E-state index in [2.05, 4.69) is 38.5 Å². The van der Waals surface area contributed by atoms with E-state index in [0.29, 0.717) is 23.1 Å². The summed E-state index contributed by atoms with van der Waals surface area (Å²) in [4.78, 5) is 30.3. The van der Waals surface area contributed by atoms with Crippen LogP contribution >= 0.6 is 0 Å². The summed E-state index contributed by atoms with van der Waals surface area (Å²) >= 11 is 0. The van der Waals surface area contributed by atoms with Gasteiger partial charge in [0.15, 0.2) is 5.82 Å². The van der Waals surface area contributed by atoms with Gasteiger partial charge in [-0.3, -0.25) is 9.78 Å². The van der Waals surface area contributed by atoms with Gasteiger partial charge in [-0.15, -0.1) is 0 Å². The Balaban J connectivity index is 1.21. The SMILES string of the molecule is COc1cc(C(=O)N2CC3CCC2[C@@H]3N)cc2nc(-c3cc4ccc(Nc5ccnc(C)c5C)nc4n3CC3CC3)n(C)c12. The van der Waals surface area contributed by atoms with Gasteiger partial charge < -0.3 is 29.8 Å². The molecule has 0 radical (unpaired) electrons. The third-order valence-corrected chi connectivity index (χ3v) is 10.1. The van der Waals surface area contributed by atoms with Crippen LogP contribution in [-0.4, -0.2) is 60.6 Å². The van der Waals surface area contributed by atoms with E-state index >= 15 is 0 Å². The molecule has 226 valence electrons. The van der Waals surface area contributed by atoms with Gasteiger partial charge >= 0.3 is 0 Å². The highest BCUT2D eigenvalue weighted by Crippen LogP contribution is 2.40. The molecule has 2 saturated carbocycles. The molecule has 10 heteroatoms. The van der Waals surface area contributed by atoms with E-state index in [-0.39, 0.29) is 18.0 Å². The summed E-state index contributed by atoms with van der Waals surface area (Å²) in [5.41, 5.74) is 13.6. The van der Waals surface area contributed by atoms with Crippen LogP contribution in [0.4, 0.5) is 11.5 Å². The second-order valence-corrected chi connectivity index (χ2v) is 12.9. The normalized spacial score (nSPS) is 21.1. The highest BCUT2D eigenvalue weighted by atomic mass is 16.5. The number of methoxy groups -OCH3 is 1. The molecule has 4 aromatic heterocycles. The van der Waals surface area contributed by atoms with Crippen molar-refractivity contribution < 1.29 is 9.53 Å². The Hall–Kier alpha value is -4.44. The number of hydrogen-bond donors (Lipinski definition) is 2. The number of aryl methyl sites for hydroxylation is 2. The van der Waals surface area contributed by atoms with Crippen LogP contribution in [0.25, 0.3) is 33.6 Å². The van der Waals surface area contributed by atoms with E-state index in [4.69, 9.17) is 20.4 Å². The fraction of sp³-hybridized carbons (Fsp3) is 0.412. The number of piperidine rings is 1. The van der Waals surface area contributed by atoms with Gasteiger partial charge in [0.2, 0.25) is 0 Å². The number of carbonyl (C=O) groups is 1. The first-order chi connectivity index (χ1) is 21.3. The van der Waals surface area contributed by atoms with Gasteiger partial charge in [0.25, 0.3) is 5.91 Å². The van der Waals surface area contributed by atoms with Gasteiger partial charge in [-0.05, 0) is 93.3 Å². The van der Waals surface area contributed by atoms with Crippen molar-refractivity contribution in [3.05, 3.63) is 59.4 Å². The molecule has 10 nitrogen and oxygen atoms in total. The largest absolute Gasteiger partial charge is 0.494 e. The molecule has 5 heterocycles. The molecule has 2 unspecified atom stereocenters. The average Bonchev–Trinajstić information content (AvgIpc) is 3.43. The van der Waals surface area contributed by atoms with Crippen molar-refractivity contribution >= 4 is 39.5 Å². The number of pyridine rings is 2. The number of carbonyl (C=O) groups excluding carboxylic acids is 1. The number of fused-ring (bicyclic) bond motifs is 4. The zero-order valence-electron chi connectivity index (χ0n) is 25.7. The minimum Gasteiger partial charge on any atom is -0.494 e. The van der Waals surface area contributed by atoms with Crippen LogP contribution in [0.3, 0.4) is 0 Å². The highest BCUT2D eigenvalue weighted by Gasteiger charge is 2.47. The summed E-state index contributed by atoms with van der Waals surface area (Å²) in [5, 5.41) is 4.56. The van der Waals surface area contributed by atoms with Gasteiger partial charge in [-0.2, -0.15) is 0 Å². The van der Waals surface area contributed by atoms with Gasteiger partial charge in [-0.25, -0.2) is 9.97 Å². The first-order valence-corrected chi connectivity index (χ1v) is 15.6. The molecule has 2 aliphatic carbocycles. The second kappa shape index (κ2) is 10.1. The fourth-order valence-corrected chi connectivity index (χ4v) is 7.31. The zero-order chi connectivity index (χ0) is 30.3. The predicted molar refractivity (Wildman–Crippen MR) is 171 cm³/mol. The number of imidazole rings is 1. The molecule has 0 spiro atoms. The van der Waals surface area contributed by atoms with Crippen molar-refractivity contribution in [2.45, 2.75) is 58.2 Å². The van der Waals surface area contributed by atoms with Crippen LogP contribution in [0.5, 0.6) is 5.75 Å². The minimum absolute atomic E-state index is 0.00626. The molecule has 8 rings (SSSR count). The van der Waals surface area contributed by atoms with E-state index in [1.807, 2.05) is 49.3 Å². The van der Waals surface area contributed by atoms with Crippen LogP contribution in [-0.2, 0) is 13.6 Å². The van der Waals surface area contributed by atoms with Crippen molar-refractivity contribution in [3.8, 4) is 17.3 Å². The standard InChI is InChI=1S/C34H38N8O2/c1-18-19(2)36-12-11-24(18)37-29-10-8-21-14-27(41(32(21)39-29)16-20-5-6-20)33-38-25-13-23(15-28(44-4)31(25)40(33)3)34(43)42-17-22-7-9-26(42)30(22)35/h8,10-15,20,22,26,30H,5-7,9,16-17,35H2,1-4H3,(H,36,37,39)/t22?,26?,30-/m1/s1. The predicted octanol–water partition coefficient (Wildman–Crippen LogP) is 5.33. The Kier molecular flexibility index (Phi) is 6.20. The van der Waals surface area contributed by atoms with Gasteiger partial charge in [0.1, 0.15) is 22.7 Å². The van der Waals surface area contributed by atoms with Crippen molar-refractivity contribution in [1.82, 2.24) is 29.0 Å². The lowest BCUT2D eigenvalue weighted by Gasteiger charge is -2.27. The molecule has 3 aliphatic rings. The van der Waals surface area contributed by atoms with Crippen molar-refractivity contribution in [2.75, 3.05) is 19.0 Å². The van der Waals surface area contributed by atoms with E-state index < -0.39 is 0 Å². The number of hydrogen-bond acceptors (Lipinski definition) is 7. The maximum atomic E-state index is 13.7. The number of likely N-dealkylation sites (tertiary alicyclic amines) is 1. The zero-order valence-corrected chi connectivity index (χ0v) is 25.7. The molecule has 1 saturated heterocycles. The van der Waals surface area contributed by atoms with Gasteiger partial charge in [0, 0.05) is 60.7 Å². The lowest BCUT2D eigenvalue weighted by atomic mass is 10.1. The molecule has 3 atom stereocenters. The van der Waals surface area contributed by atoms with Crippen LogP contribution in [0.2, 0.25) is 0 Å². The maximum Gasteiger partial charge on any atom is 0.254 e. The molecule has 1 amide bonds. The van der Waals surface area contributed by atoms with Gasteiger partial charge in [0.05, 0.1) is 18.3 Å². The molecule has 1 aliphatic heterocycles. The van der Waals surface area contributed by atoms with E-state index in [1.54, 1.807) is 7.11 Å². The lowest BCUT2D eigenvalue weighted by Crippen LogP contribution is -2.41. The number of aromatic nitrogens is 5. The van der Waals surface area contributed by atoms with E-state index in [9.17, 15) is 4.79 Å². The quantitative estimate of drug-likeness (QED) is 0.263. The number of anilines is 2. The smallest absolute Gasteiger partial charge is 0.254 e. The number of rotatable bonds is 7. The Bertz CT molecular complexity index is 1950. The Morgan fingerprint density at radius 1 is 1.09 bits per heavy atom.